The summed E-state index contributed by atoms with van der Waals surface area (Å²) in [5.74, 6) is 0.856. The first-order chi connectivity index (χ1) is 10.1. The van der Waals surface area contributed by atoms with Gasteiger partial charge >= 0.3 is 0 Å². The van der Waals surface area contributed by atoms with E-state index < -0.39 is 0 Å². The summed E-state index contributed by atoms with van der Waals surface area (Å²) in [6, 6.07) is 6.26. The molecule has 2 rings (SSSR count). The zero-order valence-corrected chi connectivity index (χ0v) is 14.0. The van der Waals surface area contributed by atoms with Gasteiger partial charge in [0.1, 0.15) is 11.9 Å². The normalized spacial score (nSPS) is 23.8. The Morgan fingerprint density at radius 1 is 1.33 bits per heavy atom. The Morgan fingerprint density at radius 2 is 2.10 bits per heavy atom. The topological polar surface area (TPSA) is 30.5 Å². The van der Waals surface area contributed by atoms with Crippen LogP contribution in [0.15, 0.2) is 18.2 Å². The first kappa shape index (κ1) is 16.6. The van der Waals surface area contributed by atoms with Gasteiger partial charge in [0.25, 0.3) is 0 Å². The predicted molar refractivity (Wildman–Crippen MR) is 87.2 cm³/mol. The number of hydrogen-bond acceptors (Lipinski definition) is 3. The van der Waals surface area contributed by atoms with Gasteiger partial charge in [0.2, 0.25) is 0 Å². The molecule has 1 fully saturated rings. The molecule has 0 radical (unpaired) electrons. The lowest BCUT2D eigenvalue weighted by molar-refractivity contribution is 0.0210. The minimum absolute atomic E-state index is 0.233. The lowest BCUT2D eigenvalue weighted by Crippen LogP contribution is -2.29. The van der Waals surface area contributed by atoms with E-state index in [1.807, 2.05) is 12.1 Å². The average molecular weight is 312 g/mol. The zero-order valence-electron chi connectivity index (χ0n) is 13.2. The van der Waals surface area contributed by atoms with Crippen molar-refractivity contribution in [2.75, 3.05) is 13.7 Å². The van der Waals surface area contributed by atoms with Crippen molar-refractivity contribution in [3.8, 4) is 5.75 Å². The summed E-state index contributed by atoms with van der Waals surface area (Å²) in [7, 11) is 1.78. The lowest BCUT2D eigenvalue weighted by atomic mass is 9.95. The van der Waals surface area contributed by atoms with E-state index in [1.54, 1.807) is 7.11 Å². The van der Waals surface area contributed by atoms with Crippen LogP contribution in [0.3, 0.4) is 0 Å². The van der Waals surface area contributed by atoms with Crippen LogP contribution in [-0.2, 0) is 4.74 Å². The molecule has 21 heavy (non-hydrogen) atoms. The van der Waals surface area contributed by atoms with Crippen molar-refractivity contribution in [1.29, 1.82) is 0 Å². The van der Waals surface area contributed by atoms with Crippen LogP contribution >= 0.6 is 11.6 Å². The minimum atomic E-state index is 0.233. The Labute approximate surface area is 133 Å². The molecule has 3 unspecified atom stereocenters. The molecule has 1 aromatic rings. The second-order valence-electron chi connectivity index (χ2n) is 5.73. The molecule has 0 heterocycles. The van der Waals surface area contributed by atoms with Crippen LogP contribution in [0.25, 0.3) is 0 Å². The number of nitrogens with one attached hydrogen (secondary N) is 1. The van der Waals surface area contributed by atoms with Crippen LogP contribution in [0.4, 0.5) is 0 Å². The van der Waals surface area contributed by atoms with Crippen molar-refractivity contribution in [3.05, 3.63) is 28.8 Å². The standard InChI is InChI=1S/C17H26ClNO2/c1-4-19-12(2)16-9-8-15(11-17(16)18)21-14-7-5-6-13(10-14)20-3/h8-9,11-14,19H,4-7,10H2,1-3H3. The van der Waals surface area contributed by atoms with Crippen LogP contribution in [0, 0.1) is 0 Å². The Hall–Kier alpha value is -0.770. The number of benzene rings is 1. The largest absolute Gasteiger partial charge is 0.490 e. The molecule has 1 saturated carbocycles. The molecule has 0 aliphatic heterocycles. The minimum Gasteiger partial charge on any atom is -0.490 e. The fourth-order valence-corrected chi connectivity index (χ4v) is 3.30. The molecule has 4 heteroatoms. The van der Waals surface area contributed by atoms with Crippen molar-refractivity contribution in [3.63, 3.8) is 0 Å². The smallest absolute Gasteiger partial charge is 0.121 e. The summed E-state index contributed by atoms with van der Waals surface area (Å²) in [6.45, 7) is 5.14. The first-order valence-electron chi connectivity index (χ1n) is 7.86. The van der Waals surface area contributed by atoms with Crippen LogP contribution < -0.4 is 10.1 Å². The quantitative estimate of drug-likeness (QED) is 0.847. The maximum Gasteiger partial charge on any atom is 0.121 e. The summed E-state index contributed by atoms with van der Waals surface area (Å²) < 4.78 is 11.5. The number of methoxy groups -OCH3 is 1. The van der Waals surface area contributed by atoms with E-state index in [9.17, 15) is 0 Å². The second kappa shape index (κ2) is 8.02. The molecule has 0 amide bonds. The Balaban J connectivity index is 1.99. The second-order valence-corrected chi connectivity index (χ2v) is 6.13. The molecule has 1 aromatic carbocycles. The van der Waals surface area contributed by atoms with Crippen LogP contribution in [0.2, 0.25) is 5.02 Å². The highest BCUT2D eigenvalue weighted by Crippen LogP contribution is 2.30. The van der Waals surface area contributed by atoms with Crippen molar-refractivity contribution in [2.45, 2.75) is 57.8 Å². The molecule has 0 bridgehead atoms. The van der Waals surface area contributed by atoms with Gasteiger partial charge in [-0.3, -0.25) is 0 Å². The van der Waals surface area contributed by atoms with E-state index in [4.69, 9.17) is 21.1 Å². The molecule has 118 valence electrons. The van der Waals surface area contributed by atoms with E-state index >= 15 is 0 Å². The number of hydrogen-bond donors (Lipinski definition) is 1. The van der Waals surface area contributed by atoms with Crippen molar-refractivity contribution < 1.29 is 9.47 Å². The molecule has 1 aliphatic rings. The highest BCUT2D eigenvalue weighted by Gasteiger charge is 2.23. The fraction of sp³-hybridized carbons (Fsp3) is 0.647. The molecule has 1 N–H and O–H groups in total. The summed E-state index contributed by atoms with van der Waals surface area (Å²) in [5.41, 5.74) is 1.12. The average Bonchev–Trinajstić information content (AvgIpc) is 2.47. The van der Waals surface area contributed by atoms with Gasteiger partial charge < -0.3 is 14.8 Å². The van der Waals surface area contributed by atoms with Gasteiger partial charge in [-0.15, -0.1) is 0 Å². The lowest BCUT2D eigenvalue weighted by Gasteiger charge is -2.29. The predicted octanol–water partition coefficient (Wildman–Crippen LogP) is 4.35. The van der Waals surface area contributed by atoms with Crippen LogP contribution in [0.5, 0.6) is 5.75 Å². The maximum absolute atomic E-state index is 6.39. The van der Waals surface area contributed by atoms with Crippen LogP contribution in [0.1, 0.15) is 51.1 Å². The van der Waals surface area contributed by atoms with E-state index in [0.29, 0.717) is 6.10 Å². The van der Waals surface area contributed by atoms with Gasteiger partial charge in [0.15, 0.2) is 0 Å². The number of ether oxygens (including phenoxy) is 2. The van der Waals surface area contributed by atoms with E-state index in [1.165, 1.54) is 0 Å². The van der Waals surface area contributed by atoms with E-state index in [-0.39, 0.29) is 12.1 Å². The number of rotatable bonds is 6. The third-order valence-electron chi connectivity index (χ3n) is 4.16. The van der Waals surface area contributed by atoms with Gasteiger partial charge in [-0.2, -0.15) is 0 Å². The SMILES string of the molecule is CCNC(C)c1ccc(OC2CCCC(OC)C2)cc1Cl. The first-order valence-corrected chi connectivity index (χ1v) is 8.24. The van der Waals surface area contributed by atoms with E-state index in [2.05, 4.69) is 25.2 Å². The van der Waals surface area contributed by atoms with Crippen molar-refractivity contribution in [1.82, 2.24) is 5.32 Å². The van der Waals surface area contributed by atoms with Gasteiger partial charge in [-0.1, -0.05) is 24.6 Å². The summed E-state index contributed by atoms with van der Waals surface area (Å²) in [5, 5.41) is 4.14. The summed E-state index contributed by atoms with van der Waals surface area (Å²) in [4.78, 5) is 0. The van der Waals surface area contributed by atoms with Crippen LogP contribution in [-0.4, -0.2) is 25.9 Å². The highest BCUT2D eigenvalue weighted by molar-refractivity contribution is 6.31. The Kier molecular flexibility index (Phi) is 6.34. The van der Waals surface area contributed by atoms with Crippen molar-refractivity contribution in [2.24, 2.45) is 0 Å². The molecule has 3 nitrogen and oxygen atoms in total. The molecule has 0 aromatic heterocycles. The Bertz CT molecular complexity index is 452. The molecular formula is C17H26ClNO2. The zero-order chi connectivity index (χ0) is 15.2. The van der Waals surface area contributed by atoms with Gasteiger partial charge in [0.05, 0.1) is 6.10 Å². The highest BCUT2D eigenvalue weighted by atomic mass is 35.5. The van der Waals surface area contributed by atoms with Crippen molar-refractivity contribution >= 4 is 11.6 Å². The number of halogens is 1. The fourth-order valence-electron chi connectivity index (χ4n) is 2.96. The molecule has 3 atom stereocenters. The molecular weight excluding hydrogens is 286 g/mol. The van der Waals surface area contributed by atoms with Gasteiger partial charge in [0, 0.05) is 24.6 Å². The van der Waals surface area contributed by atoms with Gasteiger partial charge in [-0.25, -0.2) is 0 Å². The van der Waals surface area contributed by atoms with E-state index in [0.717, 1.165) is 48.6 Å². The summed E-state index contributed by atoms with van der Waals surface area (Å²) in [6.07, 6.45) is 4.91. The molecule has 1 aliphatic carbocycles. The van der Waals surface area contributed by atoms with Gasteiger partial charge in [-0.05, 0) is 50.4 Å². The molecule has 0 saturated heterocycles. The monoisotopic (exact) mass is 311 g/mol. The summed E-state index contributed by atoms with van der Waals surface area (Å²) >= 11 is 6.39. The maximum atomic E-state index is 6.39. The Morgan fingerprint density at radius 3 is 2.76 bits per heavy atom. The third kappa shape index (κ3) is 4.60. The third-order valence-corrected chi connectivity index (χ3v) is 4.49. The molecule has 0 spiro atoms.